The molecule has 0 fully saturated rings. The van der Waals surface area contributed by atoms with Crippen LogP contribution in [0.1, 0.15) is 0 Å². The molecule has 0 aliphatic heterocycles. The lowest BCUT2D eigenvalue weighted by Gasteiger charge is -2.03. The zero-order valence-corrected chi connectivity index (χ0v) is 9.36. The molecule has 0 aliphatic carbocycles. The van der Waals surface area contributed by atoms with Crippen LogP contribution in [-0.2, 0) is 4.79 Å². The van der Waals surface area contributed by atoms with Gasteiger partial charge in [0.1, 0.15) is 5.82 Å². The van der Waals surface area contributed by atoms with Crippen molar-refractivity contribution in [3.8, 4) is 0 Å². The summed E-state index contributed by atoms with van der Waals surface area (Å²) in [6.45, 7) is 1.29. The number of carboxylic acid groups (broad SMARTS) is 1. The predicted molar refractivity (Wildman–Crippen MR) is 67.3 cm³/mol. The van der Waals surface area contributed by atoms with E-state index >= 15 is 0 Å². The molecule has 1 heterocycles. The molecule has 0 spiro atoms. The zero-order valence-electron chi connectivity index (χ0n) is 9.36. The third kappa shape index (κ3) is 3.22. The number of rotatable bonds is 6. The lowest BCUT2D eigenvalue weighted by molar-refractivity contribution is -0.135. The van der Waals surface area contributed by atoms with Crippen LogP contribution in [0.3, 0.4) is 0 Å². The molecule has 0 saturated carbocycles. The molecule has 1 aromatic heterocycles. The highest BCUT2D eigenvalue weighted by Gasteiger charge is 1.99. The smallest absolute Gasteiger partial charge is 0.317 e. The third-order valence-corrected chi connectivity index (χ3v) is 2.42. The largest absolute Gasteiger partial charge is 0.480 e. The van der Waals surface area contributed by atoms with Gasteiger partial charge in [0.15, 0.2) is 0 Å². The Morgan fingerprint density at radius 3 is 2.88 bits per heavy atom. The SMILES string of the molecule is O=C(O)CNCCNc1cc2ccccc2[nH]1. The molecule has 0 aliphatic rings. The number of hydrogen-bond acceptors (Lipinski definition) is 3. The van der Waals surface area contributed by atoms with Crippen molar-refractivity contribution in [3.05, 3.63) is 30.3 Å². The first-order valence-electron chi connectivity index (χ1n) is 5.50. The van der Waals surface area contributed by atoms with Gasteiger partial charge in [-0.2, -0.15) is 0 Å². The van der Waals surface area contributed by atoms with E-state index in [1.54, 1.807) is 0 Å². The molecule has 5 nitrogen and oxygen atoms in total. The average molecular weight is 233 g/mol. The molecule has 90 valence electrons. The number of aromatic amines is 1. The van der Waals surface area contributed by atoms with E-state index in [1.165, 1.54) is 0 Å². The van der Waals surface area contributed by atoms with Crippen molar-refractivity contribution in [3.63, 3.8) is 0 Å². The van der Waals surface area contributed by atoms with Crippen LogP contribution in [0, 0.1) is 0 Å². The van der Waals surface area contributed by atoms with Crippen molar-refractivity contribution in [1.29, 1.82) is 0 Å². The fourth-order valence-corrected chi connectivity index (χ4v) is 1.65. The number of carboxylic acids is 1. The molecule has 0 atom stereocenters. The summed E-state index contributed by atoms with van der Waals surface area (Å²) >= 11 is 0. The second-order valence-corrected chi connectivity index (χ2v) is 3.77. The van der Waals surface area contributed by atoms with Crippen LogP contribution in [0.25, 0.3) is 10.9 Å². The number of aliphatic carboxylic acids is 1. The standard InChI is InChI=1S/C12H15N3O2/c16-12(17)8-13-5-6-14-11-7-9-3-1-2-4-10(9)15-11/h1-4,7,13-15H,5-6,8H2,(H,16,17). The highest BCUT2D eigenvalue weighted by atomic mass is 16.4. The summed E-state index contributed by atoms with van der Waals surface area (Å²) in [5.41, 5.74) is 1.09. The number of carbonyl (C=O) groups is 1. The van der Waals surface area contributed by atoms with Gasteiger partial charge in [-0.05, 0) is 12.1 Å². The monoisotopic (exact) mass is 233 g/mol. The minimum Gasteiger partial charge on any atom is -0.480 e. The first kappa shape index (κ1) is 11.5. The quantitative estimate of drug-likeness (QED) is 0.566. The van der Waals surface area contributed by atoms with Crippen molar-refractivity contribution in [2.45, 2.75) is 0 Å². The minimum atomic E-state index is -0.837. The first-order valence-corrected chi connectivity index (χ1v) is 5.50. The average Bonchev–Trinajstić information content (AvgIpc) is 2.70. The number of hydrogen-bond donors (Lipinski definition) is 4. The normalized spacial score (nSPS) is 10.6. The molecular formula is C12H15N3O2. The van der Waals surface area contributed by atoms with Crippen LogP contribution in [0.5, 0.6) is 0 Å². The van der Waals surface area contributed by atoms with Crippen molar-refractivity contribution >= 4 is 22.7 Å². The van der Waals surface area contributed by atoms with Gasteiger partial charge in [0, 0.05) is 24.0 Å². The molecule has 2 rings (SSSR count). The first-order chi connectivity index (χ1) is 8.25. The Balaban J connectivity index is 1.81. The lowest BCUT2D eigenvalue weighted by atomic mass is 10.2. The van der Waals surface area contributed by atoms with Crippen LogP contribution >= 0.6 is 0 Å². The Kier molecular flexibility index (Phi) is 3.62. The predicted octanol–water partition coefficient (Wildman–Crippen LogP) is 1.25. The molecule has 17 heavy (non-hydrogen) atoms. The van der Waals surface area contributed by atoms with Gasteiger partial charge in [-0.3, -0.25) is 4.79 Å². The van der Waals surface area contributed by atoms with Gasteiger partial charge in [0.05, 0.1) is 6.54 Å². The van der Waals surface area contributed by atoms with Crippen LogP contribution in [0.4, 0.5) is 5.82 Å². The summed E-state index contributed by atoms with van der Waals surface area (Å²) in [5, 5.41) is 15.6. The maximum absolute atomic E-state index is 10.3. The number of fused-ring (bicyclic) bond motifs is 1. The minimum absolute atomic E-state index is 0.00557. The van der Waals surface area contributed by atoms with Crippen LogP contribution in [0.15, 0.2) is 30.3 Å². The van der Waals surface area contributed by atoms with E-state index in [1.807, 2.05) is 30.3 Å². The fourth-order valence-electron chi connectivity index (χ4n) is 1.65. The fraction of sp³-hybridized carbons (Fsp3) is 0.250. The van der Waals surface area contributed by atoms with E-state index in [9.17, 15) is 4.79 Å². The maximum atomic E-state index is 10.3. The Morgan fingerprint density at radius 1 is 1.29 bits per heavy atom. The van der Waals surface area contributed by atoms with Crippen LogP contribution in [-0.4, -0.2) is 35.7 Å². The van der Waals surface area contributed by atoms with E-state index in [2.05, 4.69) is 15.6 Å². The molecule has 0 amide bonds. The number of para-hydroxylation sites is 1. The third-order valence-electron chi connectivity index (χ3n) is 2.42. The van der Waals surface area contributed by atoms with Gasteiger partial charge in [-0.15, -0.1) is 0 Å². The molecule has 5 heteroatoms. The number of H-pyrrole nitrogens is 1. The van der Waals surface area contributed by atoms with Gasteiger partial charge < -0.3 is 20.7 Å². The van der Waals surface area contributed by atoms with Gasteiger partial charge in [-0.25, -0.2) is 0 Å². The van der Waals surface area contributed by atoms with Crippen LogP contribution < -0.4 is 10.6 Å². The van der Waals surface area contributed by atoms with E-state index in [-0.39, 0.29) is 6.54 Å². The van der Waals surface area contributed by atoms with Crippen molar-refractivity contribution in [2.75, 3.05) is 25.0 Å². The summed E-state index contributed by atoms with van der Waals surface area (Å²) in [4.78, 5) is 13.5. The summed E-state index contributed by atoms with van der Waals surface area (Å²) in [6, 6.07) is 10.1. The van der Waals surface area contributed by atoms with Crippen molar-refractivity contribution in [1.82, 2.24) is 10.3 Å². The molecule has 1 aromatic carbocycles. The Labute approximate surface area is 98.8 Å². The van der Waals surface area contributed by atoms with Gasteiger partial charge >= 0.3 is 5.97 Å². The number of aromatic nitrogens is 1. The highest BCUT2D eigenvalue weighted by Crippen LogP contribution is 2.17. The molecule has 0 radical (unpaired) electrons. The molecule has 0 saturated heterocycles. The number of benzene rings is 1. The summed E-state index contributed by atoms with van der Waals surface area (Å²) < 4.78 is 0. The Morgan fingerprint density at radius 2 is 2.12 bits per heavy atom. The Hall–Kier alpha value is -2.01. The molecular weight excluding hydrogens is 218 g/mol. The Bertz CT molecular complexity index is 474. The molecule has 4 N–H and O–H groups in total. The van der Waals surface area contributed by atoms with Crippen molar-refractivity contribution in [2.24, 2.45) is 0 Å². The van der Waals surface area contributed by atoms with Gasteiger partial charge in [0.2, 0.25) is 0 Å². The summed E-state index contributed by atoms with van der Waals surface area (Å²) in [7, 11) is 0. The van der Waals surface area contributed by atoms with E-state index in [4.69, 9.17) is 5.11 Å². The summed E-state index contributed by atoms with van der Waals surface area (Å²) in [6.07, 6.45) is 0. The lowest BCUT2D eigenvalue weighted by Crippen LogP contribution is -2.27. The van der Waals surface area contributed by atoms with Crippen LogP contribution in [0.2, 0.25) is 0 Å². The summed E-state index contributed by atoms with van der Waals surface area (Å²) in [5.74, 6) is 0.110. The topological polar surface area (TPSA) is 77.2 Å². The van der Waals surface area contributed by atoms with Gasteiger partial charge in [-0.1, -0.05) is 18.2 Å². The van der Waals surface area contributed by atoms with Gasteiger partial charge in [0.25, 0.3) is 0 Å². The second-order valence-electron chi connectivity index (χ2n) is 3.77. The number of nitrogens with one attached hydrogen (secondary N) is 3. The number of anilines is 1. The zero-order chi connectivity index (χ0) is 12.1. The van der Waals surface area contributed by atoms with Crippen molar-refractivity contribution < 1.29 is 9.90 Å². The van der Waals surface area contributed by atoms with E-state index < -0.39 is 5.97 Å². The molecule has 2 aromatic rings. The highest BCUT2D eigenvalue weighted by molar-refractivity contribution is 5.83. The molecule has 0 unspecified atom stereocenters. The van der Waals surface area contributed by atoms with E-state index in [0.29, 0.717) is 13.1 Å². The van der Waals surface area contributed by atoms with E-state index in [0.717, 1.165) is 16.7 Å². The molecule has 0 bridgehead atoms. The maximum Gasteiger partial charge on any atom is 0.317 e. The second kappa shape index (κ2) is 5.36.